The molecule has 5 nitrogen and oxygen atoms in total. The third kappa shape index (κ3) is 3.72. The number of aromatic nitrogens is 2. The van der Waals surface area contributed by atoms with Crippen LogP contribution in [0.2, 0.25) is 0 Å². The van der Waals surface area contributed by atoms with Crippen molar-refractivity contribution in [2.45, 2.75) is 39.2 Å². The number of benzene rings is 1. The summed E-state index contributed by atoms with van der Waals surface area (Å²) < 4.78 is 0. The van der Waals surface area contributed by atoms with Gasteiger partial charge < -0.3 is 15.0 Å². The van der Waals surface area contributed by atoms with Gasteiger partial charge in [0.2, 0.25) is 0 Å². The van der Waals surface area contributed by atoms with Gasteiger partial charge in [0, 0.05) is 25.4 Å². The normalized spacial score (nSPS) is 22.7. The molecule has 0 amide bonds. The molecular formula is C18H25N3O2. The Balaban J connectivity index is 1.78. The fourth-order valence-electron chi connectivity index (χ4n) is 3.65. The number of hydrogen-bond acceptors (Lipinski definition) is 3. The highest BCUT2D eigenvalue weighted by molar-refractivity contribution is 5.74. The summed E-state index contributed by atoms with van der Waals surface area (Å²) in [6.07, 6.45) is 2.03. The lowest BCUT2D eigenvalue weighted by Gasteiger charge is -2.40. The summed E-state index contributed by atoms with van der Waals surface area (Å²) in [5.41, 5.74) is 2.03. The largest absolute Gasteiger partial charge is 0.481 e. The molecule has 2 N–H and O–H groups in total. The van der Waals surface area contributed by atoms with Crippen LogP contribution in [0.15, 0.2) is 24.3 Å². The Morgan fingerprint density at radius 2 is 2.17 bits per heavy atom. The summed E-state index contributed by atoms with van der Waals surface area (Å²) in [6, 6.07) is 8.52. The van der Waals surface area contributed by atoms with Gasteiger partial charge in [0.05, 0.1) is 11.0 Å². The van der Waals surface area contributed by atoms with Gasteiger partial charge in [0.15, 0.2) is 0 Å². The zero-order valence-electron chi connectivity index (χ0n) is 13.8. The first-order valence-corrected chi connectivity index (χ1v) is 8.42. The van der Waals surface area contributed by atoms with E-state index in [0.29, 0.717) is 12.0 Å². The van der Waals surface area contributed by atoms with Crippen LogP contribution in [0.25, 0.3) is 11.0 Å². The van der Waals surface area contributed by atoms with Crippen LogP contribution < -0.4 is 0 Å². The lowest BCUT2D eigenvalue weighted by Crippen LogP contribution is -2.45. The molecule has 3 rings (SSSR count). The second-order valence-corrected chi connectivity index (χ2v) is 6.90. The van der Waals surface area contributed by atoms with Crippen LogP contribution in [-0.2, 0) is 11.2 Å². The number of carboxylic acids is 1. The molecule has 0 unspecified atom stereocenters. The fourth-order valence-corrected chi connectivity index (χ4v) is 3.65. The van der Waals surface area contributed by atoms with Crippen molar-refractivity contribution in [2.75, 3.05) is 13.1 Å². The van der Waals surface area contributed by atoms with Gasteiger partial charge >= 0.3 is 5.97 Å². The molecule has 124 valence electrons. The molecule has 2 atom stereocenters. The standard InChI is InChI=1S/C18H25N3O2/c1-12(2)21-8-7-13(10-18(22)23)14(11-21)9-17-19-15-5-3-4-6-16(15)20-17/h3-6,12-14H,7-11H2,1-2H3,(H,19,20)(H,22,23)/t13-,14-/m0/s1. The average Bonchev–Trinajstić information content (AvgIpc) is 2.90. The van der Waals surface area contributed by atoms with E-state index < -0.39 is 5.97 Å². The third-order valence-corrected chi connectivity index (χ3v) is 4.98. The van der Waals surface area contributed by atoms with E-state index >= 15 is 0 Å². The molecule has 1 aliphatic rings. The van der Waals surface area contributed by atoms with E-state index in [0.717, 1.165) is 42.8 Å². The molecule has 0 saturated carbocycles. The molecule has 2 heterocycles. The van der Waals surface area contributed by atoms with Crippen LogP contribution in [0.1, 0.15) is 32.5 Å². The van der Waals surface area contributed by atoms with Crippen molar-refractivity contribution in [1.82, 2.24) is 14.9 Å². The molecule has 0 aliphatic carbocycles. The number of likely N-dealkylation sites (tertiary alicyclic amines) is 1. The Labute approximate surface area is 136 Å². The van der Waals surface area contributed by atoms with E-state index in [4.69, 9.17) is 0 Å². The van der Waals surface area contributed by atoms with Gasteiger partial charge in [-0.3, -0.25) is 4.79 Å². The molecule has 5 heteroatoms. The van der Waals surface area contributed by atoms with Gasteiger partial charge in [-0.2, -0.15) is 0 Å². The number of aromatic amines is 1. The van der Waals surface area contributed by atoms with Gasteiger partial charge in [-0.1, -0.05) is 12.1 Å². The Kier molecular flexibility index (Phi) is 4.66. The van der Waals surface area contributed by atoms with Crippen molar-refractivity contribution in [3.63, 3.8) is 0 Å². The minimum absolute atomic E-state index is 0.232. The lowest BCUT2D eigenvalue weighted by atomic mass is 9.80. The second kappa shape index (κ2) is 6.71. The summed E-state index contributed by atoms with van der Waals surface area (Å²) in [5.74, 6) is 0.846. The van der Waals surface area contributed by atoms with Crippen molar-refractivity contribution < 1.29 is 9.90 Å². The van der Waals surface area contributed by atoms with E-state index in [1.807, 2.05) is 24.3 Å². The van der Waals surface area contributed by atoms with Gasteiger partial charge in [-0.25, -0.2) is 4.98 Å². The molecule has 1 fully saturated rings. The van der Waals surface area contributed by atoms with E-state index in [1.54, 1.807) is 0 Å². The lowest BCUT2D eigenvalue weighted by molar-refractivity contribution is -0.139. The number of nitrogens with one attached hydrogen (secondary N) is 1. The van der Waals surface area contributed by atoms with Crippen LogP contribution in [0, 0.1) is 11.8 Å². The molecule has 1 aromatic heterocycles. The van der Waals surface area contributed by atoms with Gasteiger partial charge in [0.1, 0.15) is 5.82 Å². The topological polar surface area (TPSA) is 69.2 Å². The molecule has 0 bridgehead atoms. The van der Waals surface area contributed by atoms with Gasteiger partial charge in [0.25, 0.3) is 0 Å². The maximum Gasteiger partial charge on any atom is 0.303 e. The van der Waals surface area contributed by atoms with Crippen molar-refractivity contribution in [1.29, 1.82) is 0 Å². The minimum Gasteiger partial charge on any atom is -0.481 e. The van der Waals surface area contributed by atoms with Crippen LogP contribution in [-0.4, -0.2) is 45.1 Å². The highest BCUT2D eigenvalue weighted by Crippen LogP contribution is 2.30. The summed E-state index contributed by atoms with van der Waals surface area (Å²) >= 11 is 0. The number of H-pyrrole nitrogens is 1. The van der Waals surface area contributed by atoms with Crippen molar-refractivity contribution in [3.05, 3.63) is 30.1 Å². The molecule has 1 aromatic carbocycles. The highest BCUT2D eigenvalue weighted by atomic mass is 16.4. The van der Waals surface area contributed by atoms with Gasteiger partial charge in [-0.15, -0.1) is 0 Å². The molecule has 23 heavy (non-hydrogen) atoms. The van der Waals surface area contributed by atoms with Crippen LogP contribution >= 0.6 is 0 Å². The van der Waals surface area contributed by atoms with E-state index in [1.165, 1.54) is 0 Å². The molecular weight excluding hydrogens is 290 g/mol. The first-order chi connectivity index (χ1) is 11.0. The average molecular weight is 315 g/mol. The van der Waals surface area contributed by atoms with E-state index in [9.17, 15) is 9.90 Å². The molecule has 2 aromatic rings. The monoisotopic (exact) mass is 315 g/mol. The Bertz CT molecular complexity index is 647. The second-order valence-electron chi connectivity index (χ2n) is 6.90. The Morgan fingerprint density at radius 1 is 1.39 bits per heavy atom. The number of nitrogens with zero attached hydrogens (tertiary/aromatic N) is 2. The molecule has 1 saturated heterocycles. The smallest absolute Gasteiger partial charge is 0.303 e. The Morgan fingerprint density at radius 3 is 2.87 bits per heavy atom. The van der Waals surface area contributed by atoms with Crippen LogP contribution in [0.3, 0.4) is 0 Å². The number of carbonyl (C=O) groups is 1. The van der Waals surface area contributed by atoms with Crippen LogP contribution in [0.5, 0.6) is 0 Å². The number of hydrogen-bond donors (Lipinski definition) is 2. The predicted octanol–water partition coefficient (Wildman–Crippen LogP) is 2.93. The third-order valence-electron chi connectivity index (χ3n) is 4.98. The first kappa shape index (κ1) is 16.0. The zero-order chi connectivity index (χ0) is 16.4. The maximum atomic E-state index is 11.2. The SMILES string of the molecule is CC(C)N1CC[C@@H](CC(=O)O)[C@@H](Cc2nc3ccccc3[nH]2)C1. The van der Waals surface area contributed by atoms with Crippen molar-refractivity contribution >= 4 is 17.0 Å². The van der Waals surface area contributed by atoms with Crippen molar-refractivity contribution in [3.8, 4) is 0 Å². The number of aliphatic carboxylic acids is 1. The number of carboxylic acid groups (broad SMARTS) is 1. The number of imidazole rings is 1. The Hall–Kier alpha value is -1.88. The number of rotatable bonds is 5. The maximum absolute atomic E-state index is 11.2. The summed E-state index contributed by atoms with van der Waals surface area (Å²) in [5, 5.41) is 9.20. The summed E-state index contributed by atoms with van der Waals surface area (Å²) in [6.45, 7) is 6.35. The molecule has 0 spiro atoms. The highest BCUT2D eigenvalue weighted by Gasteiger charge is 2.32. The molecule has 1 aliphatic heterocycles. The van der Waals surface area contributed by atoms with Crippen LogP contribution in [0.4, 0.5) is 0 Å². The quantitative estimate of drug-likeness (QED) is 0.890. The zero-order valence-corrected chi connectivity index (χ0v) is 13.8. The number of fused-ring (bicyclic) bond motifs is 1. The predicted molar refractivity (Wildman–Crippen MR) is 90.4 cm³/mol. The summed E-state index contributed by atoms with van der Waals surface area (Å²) in [7, 11) is 0. The number of piperidine rings is 1. The minimum atomic E-state index is -0.692. The first-order valence-electron chi connectivity index (χ1n) is 8.42. The van der Waals surface area contributed by atoms with E-state index in [2.05, 4.69) is 28.7 Å². The van der Waals surface area contributed by atoms with Crippen molar-refractivity contribution in [2.24, 2.45) is 11.8 Å². The molecule has 0 radical (unpaired) electrons. The van der Waals surface area contributed by atoms with Gasteiger partial charge in [-0.05, 0) is 50.8 Å². The number of para-hydroxylation sites is 2. The summed E-state index contributed by atoms with van der Waals surface area (Å²) in [4.78, 5) is 21.7. The fraction of sp³-hybridized carbons (Fsp3) is 0.556. The van der Waals surface area contributed by atoms with E-state index in [-0.39, 0.29) is 12.3 Å².